The second-order valence-corrected chi connectivity index (χ2v) is 5.54. The summed E-state index contributed by atoms with van der Waals surface area (Å²) in [5, 5.41) is 13.0. The maximum absolute atomic E-state index is 11.6. The molecule has 5 nitrogen and oxygen atoms in total. The minimum absolute atomic E-state index is 0.0228. The van der Waals surface area contributed by atoms with Gasteiger partial charge < -0.3 is 10.4 Å². The van der Waals surface area contributed by atoms with Crippen molar-refractivity contribution in [2.75, 3.05) is 5.32 Å². The van der Waals surface area contributed by atoms with Crippen molar-refractivity contribution in [2.24, 2.45) is 0 Å². The largest absolute Gasteiger partial charge is 0.477 e. The lowest BCUT2D eigenvalue weighted by Gasteiger charge is -2.13. The molecule has 0 aliphatic rings. The molecule has 0 amide bonds. The van der Waals surface area contributed by atoms with Crippen molar-refractivity contribution in [3.05, 3.63) is 70.9 Å². The number of aromatic nitrogens is 2. The molecule has 0 atom stereocenters. The van der Waals surface area contributed by atoms with E-state index < -0.39 is 5.97 Å². The van der Waals surface area contributed by atoms with E-state index in [0.717, 1.165) is 5.56 Å². The van der Waals surface area contributed by atoms with E-state index in [-0.39, 0.29) is 11.4 Å². The third kappa shape index (κ3) is 3.21. The van der Waals surface area contributed by atoms with Gasteiger partial charge in [-0.2, -0.15) is 0 Å². The molecule has 1 heterocycles. The Kier molecular flexibility index (Phi) is 4.44. The summed E-state index contributed by atoms with van der Waals surface area (Å²) >= 11 is 6.15. The Morgan fingerprint density at radius 2 is 1.71 bits per heavy atom. The van der Waals surface area contributed by atoms with Crippen LogP contribution in [0.1, 0.15) is 16.1 Å². The van der Waals surface area contributed by atoms with E-state index >= 15 is 0 Å². The number of nitrogens with one attached hydrogen (secondary N) is 1. The third-order valence-electron chi connectivity index (χ3n) is 3.46. The number of aromatic carboxylic acids is 1. The molecule has 0 aliphatic heterocycles. The molecule has 0 saturated heterocycles. The minimum Gasteiger partial charge on any atom is -0.477 e. The number of halogens is 1. The first-order valence-electron chi connectivity index (χ1n) is 7.25. The molecule has 6 heteroatoms. The predicted octanol–water partition coefficient (Wildman–Crippen LogP) is 4.55. The van der Waals surface area contributed by atoms with Gasteiger partial charge in [-0.25, -0.2) is 14.8 Å². The quantitative estimate of drug-likeness (QED) is 0.729. The van der Waals surface area contributed by atoms with Gasteiger partial charge in [0, 0.05) is 5.56 Å². The summed E-state index contributed by atoms with van der Waals surface area (Å²) in [6.45, 7) is 1.65. The Balaban J connectivity index is 2.13. The highest BCUT2D eigenvalue weighted by molar-refractivity contribution is 6.33. The van der Waals surface area contributed by atoms with Crippen LogP contribution in [0.25, 0.3) is 11.4 Å². The van der Waals surface area contributed by atoms with Crippen LogP contribution in [-0.2, 0) is 0 Å². The molecule has 0 spiro atoms. The number of aryl methyl sites for hydroxylation is 1. The standard InChI is InChI=1S/C18H14ClN3O2/c1-11-15(18(23)24)17(21-14-10-6-5-9-13(14)19)22-16(20-11)12-7-3-2-4-8-12/h2-10H,1H3,(H,23,24)(H,20,21,22). The first-order chi connectivity index (χ1) is 11.6. The SMILES string of the molecule is Cc1nc(-c2ccccc2)nc(Nc2ccccc2Cl)c1C(=O)O. The van der Waals surface area contributed by atoms with Crippen LogP contribution in [-0.4, -0.2) is 21.0 Å². The van der Waals surface area contributed by atoms with E-state index in [0.29, 0.717) is 22.2 Å². The number of carboxylic acids is 1. The molecule has 0 radical (unpaired) electrons. The van der Waals surface area contributed by atoms with Crippen LogP contribution < -0.4 is 5.32 Å². The highest BCUT2D eigenvalue weighted by atomic mass is 35.5. The second-order valence-electron chi connectivity index (χ2n) is 5.13. The van der Waals surface area contributed by atoms with Crippen molar-refractivity contribution < 1.29 is 9.90 Å². The van der Waals surface area contributed by atoms with Gasteiger partial charge in [0.2, 0.25) is 0 Å². The van der Waals surface area contributed by atoms with Gasteiger partial charge in [-0.1, -0.05) is 54.1 Å². The summed E-state index contributed by atoms with van der Waals surface area (Å²) in [6.07, 6.45) is 0. The van der Waals surface area contributed by atoms with Gasteiger partial charge in [0.15, 0.2) is 5.82 Å². The Morgan fingerprint density at radius 3 is 2.38 bits per heavy atom. The molecule has 120 valence electrons. The van der Waals surface area contributed by atoms with Crippen molar-refractivity contribution in [3.8, 4) is 11.4 Å². The molecule has 2 aromatic carbocycles. The Labute approximate surface area is 144 Å². The first-order valence-corrected chi connectivity index (χ1v) is 7.63. The van der Waals surface area contributed by atoms with E-state index in [4.69, 9.17) is 11.6 Å². The van der Waals surface area contributed by atoms with Crippen LogP contribution >= 0.6 is 11.6 Å². The fourth-order valence-corrected chi connectivity index (χ4v) is 2.51. The van der Waals surface area contributed by atoms with Gasteiger partial charge in [0.1, 0.15) is 11.4 Å². The van der Waals surface area contributed by atoms with Gasteiger partial charge in [-0.3, -0.25) is 0 Å². The Hall–Kier alpha value is -2.92. The smallest absolute Gasteiger partial charge is 0.341 e. The summed E-state index contributed by atoms with van der Waals surface area (Å²) in [7, 11) is 0. The van der Waals surface area contributed by atoms with E-state index in [2.05, 4.69) is 15.3 Å². The summed E-state index contributed by atoms with van der Waals surface area (Å²) in [5.41, 5.74) is 1.79. The van der Waals surface area contributed by atoms with Crippen molar-refractivity contribution >= 4 is 29.1 Å². The molecule has 0 saturated carbocycles. The van der Waals surface area contributed by atoms with Crippen molar-refractivity contribution in [1.82, 2.24) is 9.97 Å². The predicted molar refractivity (Wildman–Crippen MR) is 93.9 cm³/mol. The molecule has 3 aromatic rings. The molecule has 0 fully saturated rings. The average molecular weight is 340 g/mol. The van der Waals surface area contributed by atoms with Gasteiger partial charge in [-0.15, -0.1) is 0 Å². The topological polar surface area (TPSA) is 75.1 Å². The van der Waals surface area contributed by atoms with Crippen LogP contribution in [0.2, 0.25) is 5.02 Å². The van der Waals surface area contributed by atoms with Crippen LogP contribution in [0, 0.1) is 6.92 Å². The van der Waals surface area contributed by atoms with Gasteiger partial charge in [0.05, 0.1) is 16.4 Å². The maximum Gasteiger partial charge on any atom is 0.341 e. The van der Waals surface area contributed by atoms with Crippen LogP contribution in [0.15, 0.2) is 54.6 Å². The van der Waals surface area contributed by atoms with E-state index in [9.17, 15) is 9.90 Å². The normalized spacial score (nSPS) is 10.4. The highest BCUT2D eigenvalue weighted by Crippen LogP contribution is 2.28. The van der Waals surface area contributed by atoms with Gasteiger partial charge >= 0.3 is 5.97 Å². The van der Waals surface area contributed by atoms with Gasteiger partial charge in [0.25, 0.3) is 0 Å². The molecule has 0 aliphatic carbocycles. The number of rotatable bonds is 4. The van der Waals surface area contributed by atoms with E-state index in [1.807, 2.05) is 30.3 Å². The maximum atomic E-state index is 11.6. The summed E-state index contributed by atoms with van der Waals surface area (Å²) in [4.78, 5) is 20.3. The number of carboxylic acid groups (broad SMARTS) is 1. The number of hydrogen-bond donors (Lipinski definition) is 2. The third-order valence-corrected chi connectivity index (χ3v) is 3.79. The fraction of sp³-hybridized carbons (Fsp3) is 0.0556. The molecule has 0 unspecified atom stereocenters. The summed E-state index contributed by atoms with van der Waals surface area (Å²) in [5.74, 6) is -0.434. The number of nitrogens with zero attached hydrogens (tertiary/aromatic N) is 2. The molecule has 0 bridgehead atoms. The van der Waals surface area contributed by atoms with Crippen LogP contribution in [0.3, 0.4) is 0 Å². The lowest BCUT2D eigenvalue weighted by atomic mass is 10.1. The fourth-order valence-electron chi connectivity index (χ4n) is 2.33. The molecular weight excluding hydrogens is 326 g/mol. The van der Waals surface area contributed by atoms with Crippen molar-refractivity contribution in [2.45, 2.75) is 6.92 Å². The number of para-hydroxylation sites is 1. The zero-order valence-electron chi connectivity index (χ0n) is 12.8. The van der Waals surface area contributed by atoms with E-state index in [1.54, 1.807) is 31.2 Å². The highest BCUT2D eigenvalue weighted by Gasteiger charge is 2.19. The number of carbonyl (C=O) groups is 1. The molecule has 3 rings (SSSR count). The number of anilines is 2. The number of benzene rings is 2. The number of hydrogen-bond acceptors (Lipinski definition) is 4. The first kappa shape index (κ1) is 16.0. The Bertz CT molecular complexity index is 898. The zero-order chi connectivity index (χ0) is 17.1. The monoisotopic (exact) mass is 339 g/mol. The molecule has 24 heavy (non-hydrogen) atoms. The van der Waals surface area contributed by atoms with Crippen LogP contribution in [0.5, 0.6) is 0 Å². The molecule has 1 aromatic heterocycles. The van der Waals surface area contributed by atoms with Crippen LogP contribution in [0.4, 0.5) is 11.5 Å². The summed E-state index contributed by atoms with van der Waals surface area (Å²) < 4.78 is 0. The van der Waals surface area contributed by atoms with Gasteiger partial charge in [-0.05, 0) is 19.1 Å². The Morgan fingerprint density at radius 1 is 1.04 bits per heavy atom. The zero-order valence-corrected chi connectivity index (χ0v) is 13.6. The van der Waals surface area contributed by atoms with E-state index in [1.165, 1.54) is 0 Å². The minimum atomic E-state index is -1.10. The lowest BCUT2D eigenvalue weighted by molar-refractivity contribution is 0.0696. The molecule has 2 N–H and O–H groups in total. The molecular formula is C18H14ClN3O2. The average Bonchev–Trinajstić information content (AvgIpc) is 2.57. The summed E-state index contributed by atoms with van der Waals surface area (Å²) in [6, 6.07) is 16.5. The van der Waals surface area contributed by atoms with Crippen molar-refractivity contribution in [1.29, 1.82) is 0 Å². The lowest BCUT2D eigenvalue weighted by Crippen LogP contribution is -2.10. The second kappa shape index (κ2) is 6.68. The van der Waals surface area contributed by atoms with Crippen molar-refractivity contribution in [3.63, 3.8) is 0 Å².